The lowest BCUT2D eigenvalue weighted by molar-refractivity contribution is -0.274. The van der Waals surface area contributed by atoms with Crippen molar-refractivity contribution in [1.82, 2.24) is 18.7 Å². The van der Waals surface area contributed by atoms with Gasteiger partial charge in [-0.3, -0.25) is 13.9 Å². The molecule has 2 aromatic heterocycles. The van der Waals surface area contributed by atoms with Crippen LogP contribution in [0.2, 0.25) is 0 Å². The summed E-state index contributed by atoms with van der Waals surface area (Å²) in [4.78, 5) is 34.7. The summed E-state index contributed by atoms with van der Waals surface area (Å²) in [6, 6.07) is 13.9. The molecule has 1 saturated heterocycles. The standard InChI is InChI=1S/C28H27F3N6O3/c1-2-3-15-35-23-24(33-26(35)34-14-8-10-20(32)18-34)37(21-11-5-4-6-12-21)27(39)36(25(23)38)17-19-9-7-13-22(16-19)40-28(29,30)31/h4-7,9,11-13,16,20H,8,10,14-15,17-18,32H2,1H3/t20-/m1/s1. The van der Waals surface area contributed by atoms with Gasteiger partial charge in [0.05, 0.1) is 18.8 Å². The maximum atomic E-state index is 14.0. The van der Waals surface area contributed by atoms with Crippen LogP contribution >= 0.6 is 0 Å². The van der Waals surface area contributed by atoms with Crippen LogP contribution in [0.5, 0.6) is 5.75 Å². The minimum atomic E-state index is -4.88. The third kappa shape index (κ3) is 5.46. The number of hydrogen-bond acceptors (Lipinski definition) is 6. The van der Waals surface area contributed by atoms with Crippen LogP contribution in [0.15, 0.2) is 64.2 Å². The second kappa shape index (κ2) is 10.9. The molecule has 0 radical (unpaired) electrons. The quantitative estimate of drug-likeness (QED) is 0.369. The molecule has 1 atom stereocenters. The van der Waals surface area contributed by atoms with E-state index in [-0.39, 0.29) is 35.9 Å². The minimum absolute atomic E-state index is 0.0709. The zero-order valence-corrected chi connectivity index (χ0v) is 21.7. The van der Waals surface area contributed by atoms with E-state index < -0.39 is 23.4 Å². The summed E-state index contributed by atoms with van der Waals surface area (Å²) in [5.74, 6) is 5.86. The van der Waals surface area contributed by atoms with Gasteiger partial charge in [-0.1, -0.05) is 36.3 Å². The van der Waals surface area contributed by atoms with E-state index in [4.69, 9.17) is 10.7 Å². The Morgan fingerprint density at radius 3 is 2.58 bits per heavy atom. The van der Waals surface area contributed by atoms with Crippen molar-refractivity contribution < 1.29 is 17.9 Å². The molecule has 12 heteroatoms. The Kier molecular flexibility index (Phi) is 7.40. The van der Waals surface area contributed by atoms with Crippen molar-refractivity contribution in [2.45, 2.75) is 45.3 Å². The minimum Gasteiger partial charge on any atom is -0.406 e. The van der Waals surface area contributed by atoms with Crippen LogP contribution < -0.4 is 26.6 Å². The highest BCUT2D eigenvalue weighted by Crippen LogP contribution is 2.26. The summed E-state index contributed by atoms with van der Waals surface area (Å²) in [6.07, 6.45) is -3.17. The summed E-state index contributed by atoms with van der Waals surface area (Å²) >= 11 is 0. The number of alkyl halides is 3. The molecule has 1 aliphatic heterocycles. The van der Waals surface area contributed by atoms with Gasteiger partial charge in [0.15, 0.2) is 11.2 Å². The topological polar surface area (TPSA) is 100 Å². The van der Waals surface area contributed by atoms with Gasteiger partial charge >= 0.3 is 12.1 Å². The second-order valence-electron chi connectivity index (χ2n) is 9.49. The molecule has 40 heavy (non-hydrogen) atoms. The largest absolute Gasteiger partial charge is 0.573 e. The van der Waals surface area contributed by atoms with Crippen molar-refractivity contribution in [1.29, 1.82) is 0 Å². The van der Waals surface area contributed by atoms with Crippen molar-refractivity contribution in [3.05, 3.63) is 81.0 Å². The Hall–Kier alpha value is -4.50. The summed E-state index contributed by atoms with van der Waals surface area (Å²) < 4.78 is 46.5. The van der Waals surface area contributed by atoms with Crippen LogP contribution in [0.4, 0.5) is 19.1 Å². The molecule has 9 nitrogen and oxygen atoms in total. The van der Waals surface area contributed by atoms with Crippen LogP contribution in [0.1, 0.15) is 25.3 Å². The van der Waals surface area contributed by atoms with Crippen LogP contribution in [-0.2, 0) is 13.1 Å². The number of hydrogen-bond donors (Lipinski definition) is 1. The number of fused-ring (bicyclic) bond motifs is 1. The van der Waals surface area contributed by atoms with Gasteiger partial charge in [-0.2, -0.15) is 4.98 Å². The van der Waals surface area contributed by atoms with Gasteiger partial charge in [0.2, 0.25) is 5.95 Å². The molecule has 0 bridgehead atoms. The van der Waals surface area contributed by atoms with E-state index in [2.05, 4.69) is 16.6 Å². The Labute approximate surface area is 227 Å². The molecule has 3 heterocycles. The average molecular weight is 553 g/mol. The first-order valence-electron chi connectivity index (χ1n) is 12.7. The second-order valence-corrected chi connectivity index (χ2v) is 9.49. The SMILES string of the molecule is CC#CCn1c(N2CCC[C@@H](N)C2)nc2c1c(=O)n(Cc1cccc(OC(F)(F)F)c1)c(=O)n2-c1ccccc1. The van der Waals surface area contributed by atoms with Crippen molar-refractivity contribution in [2.24, 2.45) is 5.73 Å². The highest BCUT2D eigenvalue weighted by molar-refractivity contribution is 5.76. The Bertz CT molecular complexity index is 1710. The molecule has 0 aliphatic carbocycles. The number of aromatic nitrogens is 4. The summed E-state index contributed by atoms with van der Waals surface area (Å²) in [6.45, 7) is 2.74. The van der Waals surface area contributed by atoms with E-state index >= 15 is 0 Å². The molecule has 5 rings (SSSR count). The maximum absolute atomic E-state index is 14.0. The number of imidazole rings is 1. The van der Waals surface area contributed by atoms with Crippen molar-refractivity contribution in [3.8, 4) is 23.3 Å². The number of para-hydroxylation sites is 1. The first-order chi connectivity index (χ1) is 19.2. The van der Waals surface area contributed by atoms with Crippen LogP contribution in [-0.4, -0.2) is 44.2 Å². The first kappa shape index (κ1) is 27.1. The van der Waals surface area contributed by atoms with Crippen LogP contribution in [0.3, 0.4) is 0 Å². The fourth-order valence-electron chi connectivity index (χ4n) is 4.94. The van der Waals surface area contributed by atoms with Crippen molar-refractivity contribution >= 4 is 17.1 Å². The molecule has 0 saturated carbocycles. The van der Waals surface area contributed by atoms with Gasteiger partial charge in [0.1, 0.15) is 5.75 Å². The molecule has 0 spiro atoms. The first-order valence-corrected chi connectivity index (χ1v) is 12.7. The number of benzene rings is 2. The molecule has 1 fully saturated rings. The van der Waals surface area contributed by atoms with Crippen molar-refractivity contribution in [3.63, 3.8) is 0 Å². The average Bonchev–Trinajstić information content (AvgIpc) is 3.29. The lowest BCUT2D eigenvalue weighted by atomic mass is 10.1. The Morgan fingerprint density at radius 2 is 1.88 bits per heavy atom. The number of anilines is 1. The summed E-state index contributed by atoms with van der Waals surface area (Å²) in [5, 5.41) is 0. The van der Waals surface area contributed by atoms with E-state index in [1.54, 1.807) is 41.8 Å². The van der Waals surface area contributed by atoms with E-state index in [0.29, 0.717) is 24.7 Å². The lowest BCUT2D eigenvalue weighted by Gasteiger charge is -2.31. The van der Waals surface area contributed by atoms with Gasteiger partial charge in [-0.25, -0.2) is 9.36 Å². The highest BCUT2D eigenvalue weighted by atomic mass is 19.4. The third-order valence-corrected chi connectivity index (χ3v) is 6.65. The molecular formula is C28H27F3N6O3. The van der Waals surface area contributed by atoms with Gasteiger partial charge < -0.3 is 15.4 Å². The smallest absolute Gasteiger partial charge is 0.406 e. The Morgan fingerprint density at radius 1 is 1.10 bits per heavy atom. The fraction of sp³-hybridized carbons (Fsp3) is 0.321. The predicted molar refractivity (Wildman–Crippen MR) is 145 cm³/mol. The molecular weight excluding hydrogens is 525 g/mol. The van der Waals surface area contributed by atoms with E-state index in [1.807, 2.05) is 4.90 Å². The fourth-order valence-corrected chi connectivity index (χ4v) is 4.94. The lowest BCUT2D eigenvalue weighted by Crippen LogP contribution is -2.44. The molecule has 1 aliphatic rings. The number of ether oxygens (including phenoxy) is 1. The normalized spacial score (nSPS) is 15.6. The highest BCUT2D eigenvalue weighted by Gasteiger charge is 2.31. The van der Waals surface area contributed by atoms with E-state index in [9.17, 15) is 22.8 Å². The number of nitrogens with zero attached hydrogens (tertiary/aromatic N) is 5. The van der Waals surface area contributed by atoms with Gasteiger partial charge in [0.25, 0.3) is 5.56 Å². The van der Waals surface area contributed by atoms with Gasteiger partial charge in [0, 0.05) is 19.1 Å². The van der Waals surface area contributed by atoms with Gasteiger partial charge in [-0.05, 0) is 49.6 Å². The zero-order chi connectivity index (χ0) is 28.4. The maximum Gasteiger partial charge on any atom is 0.573 e. The number of nitrogens with two attached hydrogens (primary N) is 1. The summed E-state index contributed by atoms with van der Waals surface area (Å²) in [5.41, 5.74) is 6.00. The van der Waals surface area contributed by atoms with E-state index in [1.165, 1.54) is 16.7 Å². The predicted octanol–water partition coefficient (Wildman–Crippen LogP) is 3.25. The molecule has 208 valence electrons. The number of piperidine rings is 1. The summed E-state index contributed by atoms with van der Waals surface area (Å²) in [7, 11) is 0. The third-order valence-electron chi connectivity index (χ3n) is 6.65. The Balaban J connectivity index is 1.75. The van der Waals surface area contributed by atoms with E-state index in [0.717, 1.165) is 29.5 Å². The molecule has 4 aromatic rings. The molecule has 2 N–H and O–H groups in total. The van der Waals surface area contributed by atoms with Crippen LogP contribution in [0.25, 0.3) is 16.9 Å². The molecule has 0 unspecified atom stereocenters. The molecule has 0 amide bonds. The number of rotatable bonds is 6. The number of halogens is 3. The zero-order valence-electron chi connectivity index (χ0n) is 21.7. The molecule has 2 aromatic carbocycles. The monoisotopic (exact) mass is 552 g/mol. The van der Waals surface area contributed by atoms with Crippen molar-refractivity contribution in [2.75, 3.05) is 18.0 Å². The van der Waals surface area contributed by atoms with Gasteiger partial charge in [-0.15, -0.1) is 19.1 Å². The van der Waals surface area contributed by atoms with Crippen LogP contribution in [0, 0.1) is 11.8 Å².